The van der Waals surface area contributed by atoms with E-state index in [1.807, 2.05) is 30.3 Å². The van der Waals surface area contributed by atoms with Gasteiger partial charge in [0.25, 0.3) is 0 Å². The number of nitrogens with one attached hydrogen (secondary N) is 1. The number of carbonyl (C=O) groups excluding carboxylic acids is 2. The summed E-state index contributed by atoms with van der Waals surface area (Å²) in [6.45, 7) is 1.34. The summed E-state index contributed by atoms with van der Waals surface area (Å²) in [7, 11) is 0. The van der Waals surface area contributed by atoms with Crippen LogP contribution in [-0.2, 0) is 20.1 Å². The Kier molecular flexibility index (Phi) is 9.14. The molecule has 1 rings (SSSR count). The first kappa shape index (κ1) is 20.4. The highest BCUT2D eigenvalue weighted by Crippen LogP contribution is 2.26. The largest absolute Gasteiger partial charge is 0.460 e. The van der Waals surface area contributed by atoms with Crippen molar-refractivity contribution in [2.75, 3.05) is 12.4 Å². The Bertz CT molecular complexity index is 508. The van der Waals surface area contributed by atoms with E-state index >= 15 is 0 Å². The Hall–Kier alpha value is -0.620. The fourth-order valence-corrected chi connectivity index (χ4v) is 2.75. The summed E-state index contributed by atoms with van der Waals surface area (Å²) in [6, 6.07) is 9.04. The van der Waals surface area contributed by atoms with E-state index in [-0.39, 0.29) is 18.9 Å². The lowest BCUT2D eigenvalue weighted by atomic mass is 10.2. The Morgan fingerprint density at radius 2 is 1.91 bits per heavy atom. The highest BCUT2D eigenvalue weighted by Gasteiger charge is 2.27. The molecular weight excluding hydrogens is 381 g/mol. The number of rotatable bonds is 8. The monoisotopic (exact) mass is 397 g/mol. The SMILES string of the molecule is CCC(=O)N[C@@H](CSCc1ccccc1)C(=O)OCC(Cl)(Cl)Cl. The van der Waals surface area contributed by atoms with Gasteiger partial charge >= 0.3 is 5.97 Å². The number of halogens is 3. The summed E-state index contributed by atoms with van der Waals surface area (Å²) in [4.78, 5) is 23.6. The number of carbonyl (C=O) groups is 2. The molecule has 0 radical (unpaired) electrons. The van der Waals surface area contributed by atoms with Crippen LogP contribution >= 0.6 is 46.6 Å². The molecule has 1 N–H and O–H groups in total. The summed E-state index contributed by atoms with van der Waals surface area (Å²) >= 11 is 18.2. The molecule has 0 saturated carbocycles. The number of hydrogen-bond acceptors (Lipinski definition) is 4. The van der Waals surface area contributed by atoms with E-state index in [4.69, 9.17) is 39.5 Å². The molecule has 1 aromatic rings. The molecule has 8 heteroatoms. The highest BCUT2D eigenvalue weighted by molar-refractivity contribution is 7.98. The Balaban J connectivity index is 2.54. The van der Waals surface area contributed by atoms with Crippen LogP contribution in [0.4, 0.5) is 0 Å². The molecule has 1 amide bonds. The van der Waals surface area contributed by atoms with Crippen LogP contribution in [0.2, 0.25) is 0 Å². The van der Waals surface area contributed by atoms with Crippen molar-refractivity contribution < 1.29 is 14.3 Å². The number of hydrogen-bond donors (Lipinski definition) is 1. The van der Waals surface area contributed by atoms with Crippen LogP contribution in [0.1, 0.15) is 18.9 Å². The van der Waals surface area contributed by atoms with Gasteiger partial charge in [-0.25, -0.2) is 4.79 Å². The van der Waals surface area contributed by atoms with E-state index in [2.05, 4.69) is 5.32 Å². The van der Waals surface area contributed by atoms with Crippen molar-refractivity contribution in [3.8, 4) is 0 Å². The molecule has 0 aliphatic carbocycles. The number of amides is 1. The first-order valence-corrected chi connectivity index (χ1v) is 9.25. The predicted molar refractivity (Wildman–Crippen MR) is 96.1 cm³/mol. The van der Waals surface area contributed by atoms with Crippen molar-refractivity contribution in [2.45, 2.75) is 28.9 Å². The second kappa shape index (κ2) is 10.3. The Morgan fingerprint density at radius 1 is 1.26 bits per heavy atom. The molecule has 0 fully saturated rings. The van der Waals surface area contributed by atoms with Gasteiger partial charge in [0.15, 0.2) is 0 Å². The van der Waals surface area contributed by atoms with Gasteiger partial charge in [0.2, 0.25) is 9.70 Å². The van der Waals surface area contributed by atoms with Crippen molar-refractivity contribution in [3.05, 3.63) is 35.9 Å². The molecule has 128 valence electrons. The molecule has 0 aliphatic rings. The van der Waals surface area contributed by atoms with Crippen LogP contribution in [0.15, 0.2) is 30.3 Å². The minimum atomic E-state index is -1.67. The summed E-state index contributed by atoms with van der Waals surface area (Å²) in [5.74, 6) is 0.246. The van der Waals surface area contributed by atoms with Gasteiger partial charge in [-0.15, -0.1) is 0 Å². The molecule has 0 aliphatic heterocycles. The van der Waals surface area contributed by atoms with Crippen molar-refractivity contribution in [3.63, 3.8) is 0 Å². The normalized spacial score (nSPS) is 12.5. The molecule has 0 saturated heterocycles. The fraction of sp³-hybridized carbons (Fsp3) is 0.467. The number of ether oxygens (including phenoxy) is 1. The van der Waals surface area contributed by atoms with Gasteiger partial charge in [-0.2, -0.15) is 11.8 Å². The number of benzene rings is 1. The van der Waals surface area contributed by atoms with Crippen LogP contribution in [0, 0.1) is 0 Å². The van der Waals surface area contributed by atoms with Gasteiger partial charge < -0.3 is 10.1 Å². The second-order valence-corrected chi connectivity index (χ2v) is 8.24. The van der Waals surface area contributed by atoms with E-state index in [0.29, 0.717) is 5.75 Å². The fourth-order valence-electron chi connectivity index (χ4n) is 1.59. The lowest BCUT2D eigenvalue weighted by molar-refractivity contribution is -0.147. The van der Waals surface area contributed by atoms with Gasteiger partial charge in [0, 0.05) is 17.9 Å². The van der Waals surface area contributed by atoms with Gasteiger partial charge in [-0.3, -0.25) is 4.79 Å². The van der Waals surface area contributed by atoms with Crippen molar-refractivity contribution in [2.24, 2.45) is 0 Å². The quantitative estimate of drug-likeness (QED) is 0.535. The Labute approximate surface area is 155 Å². The first-order valence-electron chi connectivity index (χ1n) is 6.96. The lowest BCUT2D eigenvalue weighted by Crippen LogP contribution is -2.44. The van der Waals surface area contributed by atoms with E-state index in [1.54, 1.807) is 6.92 Å². The lowest BCUT2D eigenvalue weighted by Gasteiger charge is -2.19. The zero-order valence-corrected chi connectivity index (χ0v) is 15.6. The van der Waals surface area contributed by atoms with E-state index < -0.39 is 15.8 Å². The third-order valence-corrected chi connectivity index (χ3v) is 4.15. The summed E-state index contributed by atoms with van der Waals surface area (Å²) in [5, 5.41) is 2.63. The van der Waals surface area contributed by atoms with Crippen molar-refractivity contribution >= 4 is 58.4 Å². The van der Waals surface area contributed by atoms with E-state index in [0.717, 1.165) is 11.3 Å². The standard InChI is InChI=1S/C15H18Cl3NO3S/c1-2-13(20)19-12(14(21)22-10-15(16,17)18)9-23-8-11-6-4-3-5-7-11/h3-7,12H,2,8-10H2,1H3,(H,19,20)/t12-/m0/s1. The van der Waals surface area contributed by atoms with Gasteiger partial charge in [-0.1, -0.05) is 72.1 Å². The zero-order valence-electron chi connectivity index (χ0n) is 12.6. The maximum Gasteiger partial charge on any atom is 0.329 e. The minimum Gasteiger partial charge on any atom is -0.460 e. The van der Waals surface area contributed by atoms with Crippen LogP contribution in [0.5, 0.6) is 0 Å². The van der Waals surface area contributed by atoms with Crippen LogP contribution in [0.3, 0.4) is 0 Å². The average molecular weight is 399 g/mol. The number of esters is 1. The number of alkyl halides is 3. The van der Waals surface area contributed by atoms with Gasteiger partial charge in [-0.05, 0) is 5.56 Å². The predicted octanol–water partition coefficient (Wildman–Crippen LogP) is 3.73. The topological polar surface area (TPSA) is 55.4 Å². The molecule has 0 spiro atoms. The van der Waals surface area contributed by atoms with Crippen LogP contribution in [-0.4, -0.2) is 34.1 Å². The molecule has 23 heavy (non-hydrogen) atoms. The summed E-state index contributed by atoms with van der Waals surface area (Å²) < 4.78 is 3.28. The smallest absolute Gasteiger partial charge is 0.329 e. The van der Waals surface area contributed by atoms with Crippen LogP contribution < -0.4 is 5.32 Å². The number of thioether (sulfide) groups is 1. The summed E-state index contributed by atoms with van der Waals surface area (Å²) in [6.07, 6.45) is 0.275. The molecule has 0 aromatic heterocycles. The minimum absolute atomic E-state index is 0.235. The first-order chi connectivity index (χ1) is 10.8. The molecular formula is C15H18Cl3NO3S. The zero-order chi connectivity index (χ0) is 17.3. The second-order valence-electron chi connectivity index (χ2n) is 4.70. The average Bonchev–Trinajstić information content (AvgIpc) is 2.51. The van der Waals surface area contributed by atoms with E-state index in [1.165, 1.54) is 11.8 Å². The third-order valence-electron chi connectivity index (χ3n) is 2.72. The maximum atomic E-state index is 12.1. The molecule has 1 aromatic carbocycles. The van der Waals surface area contributed by atoms with Gasteiger partial charge in [0.05, 0.1) is 0 Å². The third kappa shape index (κ3) is 9.30. The molecule has 1 atom stereocenters. The summed E-state index contributed by atoms with van der Waals surface area (Å²) in [5.41, 5.74) is 1.13. The molecule has 0 heterocycles. The van der Waals surface area contributed by atoms with Crippen molar-refractivity contribution in [1.82, 2.24) is 5.32 Å². The molecule has 0 bridgehead atoms. The van der Waals surface area contributed by atoms with Gasteiger partial charge in [0.1, 0.15) is 12.6 Å². The van der Waals surface area contributed by atoms with Crippen molar-refractivity contribution in [1.29, 1.82) is 0 Å². The molecule has 4 nitrogen and oxygen atoms in total. The Morgan fingerprint density at radius 3 is 2.48 bits per heavy atom. The maximum absolute atomic E-state index is 12.1. The van der Waals surface area contributed by atoms with E-state index in [9.17, 15) is 9.59 Å². The van der Waals surface area contributed by atoms with Crippen LogP contribution in [0.25, 0.3) is 0 Å². The molecule has 0 unspecified atom stereocenters. The highest BCUT2D eigenvalue weighted by atomic mass is 35.6.